The molecule has 5 N–H and O–H groups in total. The molecule has 2 bridgehead atoms. The van der Waals surface area contributed by atoms with Crippen LogP contribution in [0.15, 0.2) is 48.5 Å². The zero-order chi connectivity index (χ0) is 27.4. The van der Waals surface area contributed by atoms with Gasteiger partial charge in [-0.2, -0.15) is 0 Å². The predicted molar refractivity (Wildman–Crippen MR) is 138 cm³/mol. The summed E-state index contributed by atoms with van der Waals surface area (Å²) in [5.41, 5.74) is 3.92. The van der Waals surface area contributed by atoms with Crippen LogP contribution in [0.1, 0.15) is 60.0 Å². The Bertz CT molecular complexity index is 1150. The predicted octanol–water partition coefficient (Wildman–Crippen LogP) is 2.60. The molecule has 0 unspecified atom stereocenters. The van der Waals surface area contributed by atoms with E-state index in [4.69, 9.17) is 20.4 Å². The molecule has 204 valence electrons. The summed E-state index contributed by atoms with van der Waals surface area (Å²) >= 11 is 0. The van der Waals surface area contributed by atoms with Gasteiger partial charge >= 0.3 is 11.9 Å². The molecule has 0 radical (unpaired) electrons. The number of phenolic OH excluding ortho intramolecular Hbond substituents is 1. The van der Waals surface area contributed by atoms with Crippen LogP contribution in [0.5, 0.6) is 5.75 Å². The molecule has 2 aromatic carbocycles. The molecule has 9 nitrogen and oxygen atoms in total. The number of carbonyl (C=O) groups is 3. The van der Waals surface area contributed by atoms with E-state index in [2.05, 4.69) is 17.0 Å². The number of aromatic hydroxyl groups is 1. The van der Waals surface area contributed by atoms with Gasteiger partial charge in [-0.1, -0.05) is 49.2 Å². The molecule has 9 heteroatoms. The second-order valence-electron chi connectivity index (χ2n) is 10.5. The van der Waals surface area contributed by atoms with E-state index in [9.17, 15) is 19.5 Å². The monoisotopic (exact) mass is 525 g/mol. The zero-order valence-electron chi connectivity index (χ0n) is 21.2. The number of likely N-dealkylation sites (tertiary alicyclic amines) is 1. The second kappa shape index (κ2) is 11.6. The summed E-state index contributed by atoms with van der Waals surface area (Å²) in [4.78, 5) is 34.8. The van der Waals surface area contributed by atoms with Gasteiger partial charge in [0.2, 0.25) is 0 Å². The number of ketones is 1. The third-order valence-corrected chi connectivity index (χ3v) is 8.46. The normalized spacial score (nSPS) is 25.5. The molecule has 0 aromatic heterocycles. The Morgan fingerprint density at radius 3 is 2.29 bits per heavy atom. The van der Waals surface area contributed by atoms with Crippen molar-refractivity contribution in [1.29, 1.82) is 0 Å². The Hall–Kier alpha value is -3.27. The van der Waals surface area contributed by atoms with Gasteiger partial charge in [0, 0.05) is 30.0 Å². The van der Waals surface area contributed by atoms with Crippen LogP contribution >= 0.6 is 0 Å². The molecule has 2 aliphatic carbocycles. The number of fused-ring (bicyclic) bond motifs is 1. The summed E-state index contributed by atoms with van der Waals surface area (Å²) in [5.74, 6) is -2.21. The molecule has 38 heavy (non-hydrogen) atoms. The number of hydrogen-bond acceptors (Lipinski definition) is 7. The maximum absolute atomic E-state index is 12.6. The molecule has 1 heterocycles. The van der Waals surface area contributed by atoms with Crippen LogP contribution in [0, 0.1) is 5.92 Å². The van der Waals surface area contributed by atoms with Gasteiger partial charge in [0.1, 0.15) is 5.75 Å². The van der Waals surface area contributed by atoms with Crippen LogP contribution in [0.3, 0.4) is 0 Å². The Labute approximate surface area is 221 Å². The van der Waals surface area contributed by atoms with E-state index >= 15 is 0 Å². The number of aliphatic carboxylic acids is 2. The number of nitrogens with zero attached hydrogens (tertiary/aromatic N) is 1. The van der Waals surface area contributed by atoms with E-state index < -0.39 is 24.1 Å². The lowest BCUT2D eigenvalue weighted by Crippen LogP contribution is -2.61. The van der Waals surface area contributed by atoms with E-state index in [-0.39, 0.29) is 11.2 Å². The van der Waals surface area contributed by atoms with Crippen molar-refractivity contribution in [2.45, 2.75) is 68.6 Å². The molecule has 0 amide bonds. The molecule has 1 aliphatic heterocycles. The third-order valence-electron chi connectivity index (χ3n) is 8.46. The summed E-state index contributed by atoms with van der Waals surface area (Å²) in [7, 11) is 0. The number of Topliss-reactive ketones (excluding diaryl/α,β-unsaturated/α-hetero) is 1. The van der Waals surface area contributed by atoms with Crippen molar-refractivity contribution in [2.75, 3.05) is 13.1 Å². The molecule has 1 saturated heterocycles. The van der Waals surface area contributed by atoms with Gasteiger partial charge in [-0.05, 0) is 61.4 Å². The molecule has 5 atom stereocenters. The van der Waals surface area contributed by atoms with Crippen LogP contribution in [0.4, 0.5) is 0 Å². The summed E-state index contributed by atoms with van der Waals surface area (Å²) in [6.07, 6.45) is 3.42. The Morgan fingerprint density at radius 1 is 0.947 bits per heavy atom. The van der Waals surface area contributed by atoms with Gasteiger partial charge in [0.25, 0.3) is 0 Å². The van der Waals surface area contributed by atoms with E-state index in [1.807, 2.05) is 36.4 Å². The number of piperidine rings is 1. The van der Waals surface area contributed by atoms with Crippen LogP contribution < -0.4 is 0 Å². The minimum absolute atomic E-state index is 0.245. The van der Waals surface area contributed by atoms with Gasteiger partial charge in [-0.3, -0.25) is 9.69 Å². The van der Waals surface area contributed by atoms with Gasteiger partial charge < -0.3 is 25.5 Å². The number of benzene rings is 2. The summed E-state index contributed by atoms with van der Waals surface area (Å²) in [6.45, 7) is 1.93. The van der Waals surface area contributed by atoms with Gasteiger partial charge in [0.15, 0.2) is 18.0 Å². The summed E-state index contributed by atoms with van der Waals surface area (Å²) in [6, 6.07) is 16.3. The first kappa shape index (κ1) is 27.8. The Balaban J connectivity index is 0.000000289. The van der Waals surface area contributed by atoms with E-state index in [1.54, 1.807) is 0 Å². The zero-order valence-corrected chi connectivity index (χ0v) is 21.2. The average Bonchev–Trinajstić information content (AvgIpc) is 2.92. The molecule has 3 aliphatic rings. The number of carbonyl (C=O) groups excluding carboxylic acids is 1. The van der Waals surface area contributed by atoms with Crippen LogP contribution in [-0.4, -0.2) is 79.5 Å². The van der Waals surface area contributed by atoms with Crippen molar-refractivity contribution in [2.24, 2.45) is 5.92 Å². The van der Waals surface area contributed by atoms with Crippen molar-refractivity contribution in [3.63, 3.8) is 0 Å². The standard InChI is InChI=1S/C25H29NO2.C4H6O6/c27-20-10-9-19-16-23-21-8-4-5-12-25(21,22(19)17-20)13-15-26(23)14-11-24(28)18-6-2-1-3-7-18;5-1(3(7)8)2(6)4(9)10/h1-3,6-7,9-10,17,21,23,27H,4-5,8,11-16H2;1-2,5-6H,(H,7,8)(H,9,10)/t21-,23-,25-;1-,2-/m01/s1. The van der Waals surface area contributed by atoms with Gasteiger partial charge in [-0.25, -0.2) is 9.59 Å². The van der Waals surface area contributed by atoms with E-state index in [0.29, 0.717) is 24.1 Å². The number of rotatable bonds is 7. The Kier molecular flexibility index (Phi) is 8.50. The molecular formula is C29H35NO8. The number of carboxylic acids is 2. The van der Waals surface area contributed by atoms with Gasteiger partial charge in [-0.15, -0.1) is 0 Å². The average molecular weight is 526 g/mol. The molecule has 2 aromatic rings. The quantitative estimate of drug-likeness (QED) is 0.343. The second-order valence-corrected chi connectivity index (χ2v) is 10.5. The van der Waals surface area contributed by atoms with E-state index in [1.165, 1.54) is 36.8 Å². The van der Waals surface area contributed by atoms with Crippen molar-refractivity contribution in [1.82, 2.24) is 4.90 Å². The lowest BCUT2D eigenvalue weighted by atomic mass is 9.52. The van der Waals surface area contributed by atoms with Crippen molar-refractivity contribution < 1.29 is 39.9 Å². The highest BCUT2D eigenvalue weighted by atomic mass is 16.4. The first-order valence-corrected chi connectivity index (χ1v) is 13.1. The third kappa shape index (κ3) is 5.60. The molecular weight excluding hydrogens is 490 g/mol. The smallest absolute Gasteiger partial charge is 0.335 e. The minimum Gasteiger partial charge on any atom is -0.508 e. The fourth-order valence-electron chi connectivity index (χ4n) is 6.63. The highest BCUT2D eigenvalue weighted by molar-refractivity contribution is 5.96. The highest BCUT2D eigenvalue weighted by Crippen LogP contribution is 2.56. The molecule has 5 rings (SSSR count). The number of carboxylic acid groups (broad SMARTS) is 2. The molecule has 0 spiro atoms. The van der Waals surface area contributed by atoms with Crippen LogP contribution in [-0.2, 0) is 21.4 Å². The van der Waals surface area contributed by atoms with Crippen LogP contribution in [0.25, 0.3) is 0 Å². The largest absolute Gasteiger partial charge is 0.508 e. The summed E-state index contributed by atoms with van der Waals surface area (Å²) in [5, 5.41) is 42.7. The number of aliphatic hydroxyl groups is 2. The SMILES string of the molecule is O=C(CCN1CC[C@@]23CCCC[C@H]2[C@@H]1Cc1ccc(O)cc13)c1ccccc1.O=C(O)[C@H](O)[C@@H](O)C(=O)O. The maximum atomic E-state index is 12.6. The number of hydrogen-bond donors (Lipinski definition) is 5. The topological polar surface area (TPSA) is 156 Å². The number of aliphatic hydroxyl groups excluding tert-OH is 2. The molecule has 2 fully saturated rings. The lowest BCUT2D eigenvalue weighted by Gasteiger charge is -2.59. The highest BCUT2D eigenvalue weighted by Gasteiger charge is 2.53. The van der Waals surface area contributed by atoms with Gasteiger partial charge in [0.05, 0.1) is 0 Å². The van der Waals surface area contributed by atoms with E-state index in [0.717, 1.165) is 31.5 Å². The molecule has 1 saturated carbocycles. The van der Waals surface area contributed by atoms with Crippen molar-refractivity contribution >= 4 is 17.7 Å². The fourth-order valence-corrected chi connectivity index (χ4v) is 6.63. The van der Waals surface area contributed by atoms with Crippen molar-refractivity contribution in [3.8, 4) is 5.75 Å². The minimum atomic E-state index is -2.27. The van der Waals surface area contributed by atoms with Crippen LogP contribution in [0.2, 0.25) is 0 Å². The lowest BCUT2D eigenvalue weighted by molar-refractivity contribution is -0.165. The van der Waals surface area contributed by atoms with Crippen molar-refractivity contribution in [3.05, 3.63) is 65.2 Å². The fraction of sp³-hybridized carbons (Fsp3) is 0.483. The Morgan fingerprint density at radius 2 is 1.63 bits per heavy atom. The first-order valence-electron chi connectivity index (χ1n) is 13.1. The maximum Gasteiger partial charge on any atom is 0.335 e. The number of phenols is 1. The first-order chi connectivity index (χ1) is 18.1. The summed E-state index contributed by atoms with van der Waals surface area (Å²) < 4.78 is 0.